The molecule has 0 aliphatic rings. The van der Waals surface area contributed by atoms with Crippen molar-refractivity contribution in [1.82, 2.24) is 0 Å². The molecule has 0 rings (SSSR count). The highest BCUT2D eigenvalue weighted by molar-refractivity contribution is 8.01. The van der Waals surface area contributed by atoms with E-state index in [0.29, 0.717) is 10.5 Å². The lowest BCUT2D eigenvalue weighted by atomic mass is 10.2. The monoisotopic (exact) mass is 240 g/mol. The van der Waals surface area contributed by atoms with E-state index in [4.69, 9.17) is 0 Å². The topological polar surface area (TPSA) is 0 Å². The van der Waals surface area contributed by atoms with E-state index in [0.717, 1.165) is 17.9 Å². The Morgan fingerprint density at radius 3 is 1.47 bits per heavy atom. The maximum atomic E-state index is 3.86. The molecule has 0 aliphatic heterocycles. The van der Waals surface area contributed by atoms with Gasteiger partial charge in [-0.3, -0.25) is 0 Å². The summed E-state index contributed by atoms with van der Waals surface area (Å²) in [7, 11) is 0. The van der Waals surface area contributed by atoms with Crippen LogP contribution in [0.3, 0.4) is 0 Å². The summed E-state index contributed by atoms with van der Waals surface area (Å²) in [5.41, 5.74) is 0. The summed E-state index contributed by atoms with van der Waals surface area (Å²) in [6.07, 6.45) is 8.98. The largest absolute Gasteiger partial charge is 0.150 e. The zero-order chi connectivity index (χ0) is 11.5. The maximum Gasteiger partial charge on any atom is 0.0241 e. The Morgan fingerprint density at radius 2 is 1.20 bits per heavy atom. The van der Waals surface area contributed by atoms with E-state index in [1.54, 1.807) is 0 Å². The summed E-state index contributed by atoms with van der Waals surface area (Å²) >= 11 is 3.75. The Hall–Kier alpha value is -0.340. The molecule has 0 aliphatic carbocycles. The van der Waals surface area contributed by atoms with Gasteiger partial charge in [-0.25, -0.2) is 0 Å². The molecule has 15 heavy (non-hydrogen) atoms. The Balaban J connectivity index is 3.98. The predicted octanol–water partition coefficient (Wildman–Crippen LogP) is 4.32. The number of hydrogen-bond donors (Lipinski definition) is 0. The summed E-state index contributed by atoms with van der Waals surface area (Å²) in [6, 6.07) is 0. The predicted molar refractivity (Wildman–Crippen MR) is 77.9 cm³/mol. The van der Waals surface area contributed by atoms with Gasteiger partial charge in [-0.1, -0.05) is 24.3 Å². The average Bonchev–Trinajstić information content (AvgIpc) is 2.28. The van der Waals surface area contributed by atoms with Crippen molar-refractivity contribution in [2.45, 2.75) is 16.9 Å². The zero-order valence-electron chi connectivity index (χ0n) is 9.23. The molecule has 2 unspecified atom stereocenters. The van der Waals surface area contributed by atoms with Crippen LogP contribution in [-0.2, 0) is 0 Å². The van der Waals surface area contributed by atoms with Crippen LogP contribution in [0.1, 0.15) is 6.42 Å². The fourth-order valence-corrected chi connectivity index (χ4v) is 2.92. The number of thioether (sulfide) groups is 2. The summed E-state index contributed by atoms with van der Waals surface area (Å²) in [4.78, 5) is 0. The lowest BCUT2D eigenvalue weighted by Gasteiger charge is -2.16. The lowest BCUT2D eigenvalue weighted by Crippen LogP contribution is -2.09. The zero-order valence-corrected chi connectivity index (χ0v) is 10.9. The molecule has 0 bridgehead atoms. The van der Waals surface area contributed by atoms with E-state index in [1.807, 2.05) is 47.8 Å². The third-order valence-corrected chi connectivity index (χ3v) is 4.33. The van der Waals surface area contributed by atoms with Crippen LogP contribution in [0, 0.1) is 0 Å². The Morgan fingerprint density at radius 1 is 0.800 bits per heavy atom. The van der Waals surface area contributed by atoms with E-state index >= 15 is 0 Å². The quantitative estimate of drug-likeness (QED) is 0.521. The van der Waals surface area contributed by atoms with Crippen molar-refractivity contribution < 1.29 is 0 Å². The molecule has 2 heteroatoms. The van der Waals surface area contributed by atoms with Gasteiger partial charge in [-0.05, 0) is 6.42 Å². The second kappa shape index (κ2) is 10.2. The lowest BCUT2D eigenvalue weighted by molar-refractivity contribution is 0.903. The highest BCUT2D eigenvalue weighted by Gasteiger charge is 2.11. The fourth-order valence-electron chi connectivity index (χ4n) is 1.08. The van der Waals surface area contributed by atoms with Crippen molar-refractivity contribution in [2.75, 3.05) is 11.5 Å². The van der Waals surface area contributed by atoms with Crippen molar-refractivity contribution in [3.05, 3.63) is 50.6 Å². The van der Waals surface area contributed by atoms with Crippen molar-refractivity contribution in [1.29, 1.82) is 0 Å². The molecule has 2 atom stereocenters. The molecule has 0 spiro atoms. The molecule has 84 valence electrons. The summed E-state index contributed by atoms with van der Waals surface area (Å²) < 4.78 is 0. The highest BCUT2D eigenvalue weighted by atomic mass is 32.2. The molecule has 0 amide bonds. The van der Waals surface area contributed by atoms with E-state index in [1.165, 1.54) is 0 Å². The van der Waals surface area contributed by atoms with Crippen LogP contribution in [0.2, 0.25) is 0 Å². The maximum absolute atomic E-state index is 3.86. The smallest absolute Gasteiger partial charge is 0.0241 e. The van der Waals surface area contributed by atoms with Gasteiger partial charge in [0.25, 0.3) is 0 Å². The third kappa shape index (κ3) is 7.57. The Bertz CT molecular complexity index is 187. The molecule has 0 nitrogen and oxygen atoms in total. The minimum Gasteiger partial charge on any atom is -0.150 e. The van der Waals surface area contributed by atoms with Gasteiger partial charge in [0.1, 0.15) is 0 Å². The van der Waals surface area contributed by atoms with Crippen LogP contribution in [0.25, 0.3) is 0 Å². The first-order chi connectivity index (χ1) is 7.28. The van der Waals surface area contributed by atoms with E-state index in [9.17, 15) is 0 Å². The fraction of sp³-hybridized carbons (Fsp3) is 0.385. The molecule has 0 aromatic heterocycles. The van der Waals surface area contributed by atoms with Crippen LogP contribution >= 0.6 is 23.5 Å². The minimum absolute atomic E-state index is 0.489. The summed E-state index contributed by atoms with van der Waals surface area (Å²) in [5, 5.41) is 0.978. The van der Waals surface area contributed by atoms with Crippen LogP contribution in [0.4, 0.5) is 0 Å². The molecule has 0 aromatic carbocycles. The van der Waals surface area contributed by atoms with Crippen molar-refractivity contribution >= 4 is 23.5 Å². The number of hydrogen-bond acceptors (Lipinski definition) is 2. The van der Waals surface area contributed by atoms with Crippen molar-refractivity contribution in [2.24, 2.45) is 0 Å². The Kier molecular flexibility index (Phi) is 9.96. The molecule has 0 heterocycles. The van der Waals surface area contributed by atoms with Gasteiger partial charge < -0.3 is 0 Å². The van der Waals surface area contributed by atoms with Gasteiger partial charge in [0.05, 0.1) is 0 Å². The van der Waals surface area contributed by atoms with E-state index < -0.39 is 0 Å². The van der Waals surface area contributed by atoms with Crippen molar-refractivity contribution in [3.8, 4) is 0 Å². The van der Waals surface area contributed by atoms with E-state index in [-0.39, 0.29) is 0 Å². The second-order valence-electron chi connectivity index (χ2n) is 3.03. The highest BCUT2D eigenvalue weighted by Crippen LogP contribution is 2.24. The standard InChI is InChI=1S/C13H20S2/c1-5-9-14-12(7-3)11-13(8-4)15-10-6-2/h5-8,12-13H,1-4,9-11H2. The molecule has 0 aromatic rings. The molecule has 0 saturated carbocycles. The number of rotatable bonds is 10. The van der Waals surface area contributed by atoms with Gasteiger partial charge in [-0.15, -0.1) is 26.3 Å². The molecule has 0 fully saturated rings. The van der Waals surface area contributed by atoms with Gasteiger partial charge in [0.15, 0.2) is 0 Å². The molecular weight excluding hydrogens is 220 g/mol. The van der Waals surface area contributed by atoms with Gasteiger partial charge >= 0.3 is 0 Å². The third-order valence-electron chi connectivity index (χ3n) is 1.85. The van der Waals surface area contributed by atoms with Crippen LogP contribution in [-0.4, -0.2) is 22.0 Å². The van der Waals surface area contributed by atoms with Crippen LogP contribution in [0.5, 0.6) is 0 Å². The molecule has 0 radical (unpaired) electrons. The first kappa shape index (κ1) is 14.7. The van der Waals surface area contributed by atoms with E-state index in [2.05, 4.69) is 26.3 Å². The first-order valence-electron chi connectivity index (χ1n) is 4.98. The van der Waals surface area contributed by atoms with Crippen LogP contribution in [0.15, 0.2) is 50.6 Å². The summed E-state index contributed by atoms with van der Waals surface area (Å²) in [5.74, 6) is 1.96. The molecule has 0 saturated heterocycles. The Labute approximate surface area is 103 Å². The summed E-state index contributed by atoms with van der Waals surface area (Å²) in [6.45, 7) is 15.2. The van der Waals surface area contributed by atoms with Crippen molar-refractivity contribution in [3.63, 3.8) is 0 Å². The average molecular weight is 240 g/mol. The molecular formula is C13H20S2. The normalized spacial score (nSPS) is 13.9. The second-order valence-corrected chi connectivity index (χ2v) is 5.57. The SMILES string of the molecule is C=CCSC(C=C)CC(C=C)SCC=C. The van der Waals surface area contributed by atoms with Crippen LogP contribution < -0.4 is 0 Å². The van der Waals surface area contributed by atoms with Gasteiger partial charge in [-0.2, -0.15) is 23.5 Å². The first-order valence-corrected chi connectivity index (χ1v) is 7.08. The van der Waals surface area contributed by atoms with Gasteiger partial charge in [0.2, 0.25) is 0 Å². The van der Waals surface area contributed by atoms with Gasteiger partial charge in [0, 0.05) is 22.0 Å². The minimum atomic E-state index is 0.489. The molecule has 0 N–H and O–H groups in total.